The van der Waals surface area contributed by atoms with E-state index in [-0.39, 0.29) is 0 Å². The zero-order chi connectivity index (χ0) is 20.9. The van der Waals surface area contributed by atoms with Crippen LogP contribution in [0.5, 0.6) is 0 Å². The lowest BCUT2D eigenvalue weighted by Gasteiger charge is -2.36. The Morgan fingerprint density at radius 2 is 1.73 bits per heavy atom. The van der Waals surface area contributed by atoms with E-state index >= 15 is 0 Å². The number of anilines is 1. The Bertz CT molecular complexity index is 993. The van der Waals surface area contributed by atoms with Gasteiger partial charge in [-0.05, 0) is 48.0 Å². The average Bonchev–Trinajstić information content (AvgIpc) is 3.18. The molecule has 0 amide bonds. The van der Waals surface area contributed by atoms with Gasteiger partial charge in [0.15, 0.2) is 10.9 Å². The van der Waals surface area contributed by atoms with Crippen LogP contribution in [0.15, 0.2) is 60.8 Å². The summed E-state index contributed by atoms with van der Waals surface area (Å²) in [5.41, 5.74) is 3.91. The summed E-state index contributed by atoms with van der Waals surface area (Å²) in [7, 11) is 0. The zero-order valence-electron chi connectivity index (χ0n) is 17.1. The minimum absolute atomic E-state index is 0.698. The lowest BCUT2D eigenvalue weighted by atomic mass is 10.1. The maximum atomic E-state index is 5.95. The molecule has 1 saturated heterocycles. The second-order valence-electron chi connectivity index (χ2n) is 7.64. The van der Waals surface area contributed by atoms with Crippen molar-refractivity contribution in [2.45, 2.75) is 20.0 Å². The first-order valence-electron chi connectivity index (χ1n) is 10.2. The van der Waals surface area contributed by atoms with Gasteiger partial charge in [-0.1, -0.05) is 48.0 Å². The van der Waals surface area contributed by atoms with Gasteiger partial charge in [0, 0.05) is 50.0 Å². The number of aryl methyl sites for hydroxylation is 1. The SMILES string of the molecule is Cc1ccccc1CN1CCN(C(=S)Nc2ccn(Cc3ccc(Cl)cc3)n2)CC1. The van der Waals surface area contributed by atoms with Crippen LogP contribution in [-0.2, 0) is 13.1 Å². The van der Waals surface area contributed by atoms with Crippen LogP contribution in [0.25, 0.3) is 0 Å². The molecule has 2 heterocycles. The smallest absolute Gasteiger partial charge is 0.174 e. The van der Waals surface area contributed by atoms with Gasteiger partial charge < -0.3 is 10.2 Å². The fourth-order valence-corrected chi connectivity index (χ4v) is 4.03. The highest BCUT2D eigenvalue weighted by atomic mass is 35.5. The molecule has 2 aromatic carbocycles. The molecule has 0 aliphatic carbocycles. The normalized spacial score (nSPS) is 14.7. The first-order chi connectivity index (χ1) is 14.6. The molecule has 0 atom stereocenters. The fourth-order valence-electron chi connectivity index (χ4n) is 3.62. The maximum Gasteiger partial charge on any atom is 0.174 e. The van der Waals surface area contributed by atoms with Gasteiger partial charge in [0.05, 0.1) is 6.54 Å². The molecule has 1 aliphatic rings. The summed E-state index contributed by atoms with van der Waals surface area (Å²) in [6.07, 6.45) is 1.96. The van der Waals surface area contributed by atoms with Crippen LogP contribution in [-0.4, -0.2) is 50.9 Å². The molecule has 0 bridgehead atoms. The van der Waals surface area contributed by atoms with Crippen LogP contribution in [0.4, 0.5) is 5.82 Å². The van der Waals surface area contributed by atoms with Crippen LogP contribution in [0.3, 0.4) is 0 Å². The molecule has 5 nitrogen and oxygen atoms in total. The van der Waals surface area contributed by atoms with Gasteiger partial charge in [-0.25, -0.2) is 0 Å². The molecule has 0 radical (unpaired) electrons. The van der Waals surface area contributed by atoms with E-state index in [0.29, 0.717) is 6.54 Å². The lowest BCUT2D eigenvalue weighted by molar-refractivity contribution is 0.176. The number of rotatable bonds is 5. The van der Waals surface area contributed by atoms with Gasteiger partial charge in [0.25, 0.3) is 0 Å². The van der Waals surface area contributed by atoms with Gasteiger partial charge >= 0.3 is 0 Å². The number of hydrogen-bond acceptors (Lipinski definition) is 3. The highest BCUT2D eigenvalue weighted by molar-refractivity contribution is 7.80. The molecule has 156 valence electrons. The number of hydrogen-bond donors (Lipinski definition) is 1. The van der Waals surface area contributed by atoms with Crippen molar-refractivity contribution in [1.29, 1.82) is 0 Å². The topological polar surface area (TPSA) is 36.3 Å². The fraction of sp³-hybridized carbons (Fsp3) is 0.304. The minimum Gasteiger partial charge on any atom is -0.346 e. The molecule has 0 saturated carbocycles. The van der Waals surface area contributed by atoms with E-state index in [2.05, 4.69) is 51.4 Å². The maximum absolute atomic E-state index is 5.95. The van der Waals surface area contributed by atoms with Crippen molar-refractivity contribution in [1.82, 2.24) is 19.6 Å². The summed E-state index contributed by atoms with van der Waals surface area (Å²) in [6.45, 7) is 7.71. The second kappa shape index (κ2) is 9.60. The van der Waals surface area contributed by atoms with Crippen molar-refractivity contribution in [3.63, 3.8) is 0 Å². The third kappa shape index (κ3) is 5.39. The largest absolute Gasteiger partial charge is 0.346 e. The van der Waals surface area contributed by atoms with E-state index in [0.717, 1.165) is 54.2 Å². The first-order valence-corrected chi connectivity index (χ1v) is 11.0. The van der Waals surface area contributed by atoms with E-state index < -0.39 is 0 Å². The highest BCUT2D eigenvalue weighted by Crippen LogP contribution is 2.14. The molecule has 3 aromatic rings. The van der Waals surface area contributed by atoms with Crippen LogP contribution in [0.2, 0.25) is 5.02 Å². The number of nitrogens with one attached hydrogen (secondary N) is 1. The van der Waals surface area contributed by atoms with Gasteiger partial charge in [-0.3, -0.25) is 9.58 Å². The van der Waals surface area contributed by atoms with Crippen LogP contribution >= 0.6 is 23.8 Å². The molecule has 1 aliphatic heterocycles. The Kier molecular flexibility index (Phi) is 6.67. The summed E-state index contributed by atoms with van der Waals surface area (Å²) in [5, 5.41) is 9.36. The average molecular weight is 440 g/mol. The van der Waals surface area contributed by atoms with Crippen LogP contribution < -0.4 is 5.32 Å². The van der Waals surface area contributed by atoms with E-state index in [1.807, 2.05) is 41.2 Å². The van der Waals surface area contributed by atoms with Crippen molar-refractivity contribution in [2.24, 2.45) is 0 Å². The number of aromatic nitrogens is 2. The monoisotopic (exact) mass is 439 g/mol. The van der Waals surface area contributed by atoms with Crippen molar-refractivity contribution < 1.29 is 0 Å². The van der Waals surface area contributed by atoms with Gasteiger partial charge in [0.1, 0.15) is 0 Å². The van der Waals surface area contributed by atoms with Gasteiger partial charge in [0.2, 0.25) is 0 Å². The Balaban J connectivity index is 1.26. The first kappa shape index (κ1) is 20.8. The van der Waals surface area contributed by atoms with Crippen LogP contribution in [0, 0.1) is 6.92 Å². The number of benzene rings is 2. The Morgan fingerprint density at radius 3 is 2.47 bits per heavy atom. The Labute approximate surface area is 188 Å². The molecule has 0 unspecified atom stereocenters. The second-order valence-corrected chi connectivity index (χ2v) is 8.47. The minimum atomic E-state index is 0.698. The molecule has 30 heavy (non-hydrogen) atoms. The third-order valence-electron chi connectivity index (χ3n) is 5.45. The van der Waals surface area contributed by atoms with E-state index in [1.54, 1.807) is 0 Å². The molecule has 1 fully saturated rings. The van der Waals surface area contributed by atoms with Gasteiger partial charge in [-0.15, -0.1) is 0 Å². The van der Waals surface area contributed by atoms with E-state index in [9.17, 15) is 0 Å². The quantitative estimate of drug-likeness (QED) is 0.596. The predicted molar refractivity (Wildman–Crippen MR) is 127 cm³/mol. The molecule has 4 rings (SSSR count). The molecular weight excluding hydrogens is 414 g/mol. The number of thiocarbonyl (C=S) groups is 1. The highest BCUT2D eigenvalue weighted by Gasteiger charge is 2.19. The van der Waals surface area contributed by atoms with Crippen molar-refractivity contribution >= 4 is 34.7 Å². The summed E-state index contributed by atoms with van der Waals surface area (Å²) in [5.74, 6) is 0.774. The van der Waals surface area contributed by atoms with E-state index in [4.69, 9.17) is 23.8 Å². The van der Waals surface area contributed by atoms with Crippen molar-refractivity contribution in [3.8, 4) is 0 Å². The summed E-state index contributed by atoms with van der Waals surface area (Å²) in [6, 6.07) is 18.4. The number of halogens is 1. The lowest BCUT2D eigenvalue weighted by Crippen LogP contribution is -2.49. The van der Waals surface area contributed by atoms with E-state index in [1.165, 1.54) is 11.1 Å². The zero-order valence-corrected chi connectivity index (χ0v) is 18.7. The van der Waals surface area contributed by atoms with Crippen LogP contribution in [0.1, 0.15) is 16.7 Å². The third-order valence-corrected chi connectivity index (χ3v) is 6.06. The summed E-state index contributed by atoms with van der Waals surface area (Å²) < 4.78 is 1.90. The number of nitrogens with zero attached hydrogens (tertiary/aromatic N) is 4. The summed E-state index contributed by atoms with van der Waals surface area (Å²) in [4.78, 5) is 4.71. The number of piperazine rings is 1. The predicted octanol–water partition coefficient (Wildman–Crippen LogP) is 4.41. The van der Waals surface area contributed by atoms with Crippen molar-refractivity contribution in [2.75, 3.05) is 31.5 Å². The molecule has 0 spiro atoms. The Hall–Kier alpha value is -2.41. The summed E-state index contributed by atoms with van der Waals surface area (Å²) >= 11 is 11.6. The van der Waals surface area contributed by atoms with Gasteiger partial charge in [-0.2, -0.15) is 5.10 Å². The Morgan fingerprint density at radius 1 is 1.00 bits per heavy atom. The molecule has 1 N–H and O–H groups in total. The molecular formula is C23H26ClN5S. The van der Waals surface area contributed by atoms with Crippen molar-refractivity contribution in [3.05, 3.63) is 82.5 Å². The molecule has 7 heteroatoms. The molecule has 1 aromatic heterocycles. The standard InChI is InChI=1S/C23H26ClN5S/c1-18-4-2-3-5-20(18)17-27-12-14-28(15-13-27)23(30)25-22-10-11-29(26-22)16-19-6-8-21(24)9-7-19/h2-11H,12-17H2,1H3,(H,25,26,30).